The van der Waals surface area contributed by atoms with E-state index in [1.54, 1.807) is 13.0 Å². The SMILES string of the molecule is CCN1CCN(C(=O)NC(C(=O)C[C@H]2Cc3cccc(C)c3OB2O)c2cccc(N)n2)C(=O)C1=O. The van der Waals surface area contributed by atoms with Crippen LogP contribution in [0.15, 0.2) is 36.4 Å². The standard InChI is InChI=1S/C24H28BN5O6/c1-3-29-10-11-30(23(33)22(29)32)24(34)28-20(17-8-5-9-19(26)27-17)18(31)13-16-12-15-7-4-6-14(2)21(15)36-25(16)35/h4-9,16,20,35H,3,10-13H2,1-2H3,(H2,26,27)(H,28,34)/t16-,20?/m1/s1. The van der Waals surface area contributed by atoms with Crippen molar-refractivity contribution in [2.24, 2.45) is 0 Å². The molecule has 12 heteroatoms. The van der Waals surface area contributed by atoms with Gasteiger partial charge in [0.2, 0.25) is 0 Å². The van der Waals surface area contributed by atoms with Gasteiger partial charge in [0.05, 0.1) is 5.69 Å². The number of amides is 4. The molecule has 1 saturated heterocycles. The Morgan fingerprint density at radius 2 is 1.97 bits per heavy atom. The molecule has 2 aliphatic rings. The van der Waals surface area contributed by atoms with E-state index in [9.17, 15) is 24.2 Å². The van der Waals surface area contributed by atoms with E-state index in [-0.39, 0.29) is 31.0 Å². The number of hydrogen-bond donors (Lipinski definition) is 3. The minimum atomic E-state index is -1.25. The molecule has 1 fully saturated rings. The van der Waals surface area contributed by atoms with Crippen molar-refractivity contribution < 1.29 is 28.9 Å². The van der Waals surface area contributed by atoms with Crippen molar-refractivity contribution >= 4 is 36.6 Å². The Bertz CT molecular complexity index is 1210. The number of benzene rings is 1. The number of ketones is 1. The maximum absolute atomic E-state index is 13.5. The van der Waals surface area contributed by atoms with Crippen molar-refractivity contribution in [2.45, 2.75) is 38.5 Å². The predicted octanol–water partition coefficient (Wildman–Crippen LogP) is 0.859. The molecule has 0 saturated carbocycles. The first-order valence-electron chi connectivity index (χ1n) is 11.8. The number of rotatable bonds is 6. The smallest absolute Gasteiger partial charge is 0.526 e. The average molecular weight is 493 g/mol. The first-order valence-corrected chi connectivity index (χ1v) is 11.8. The molecular weight excluding hydrogens is 465 g/mol. The fourth-order valence-corrected chi connectivity index (χ4v) is 4.51. The number of hydrogen-bond acceptors (Lipinski definition) is 8. The van der Waals surface area contributed by atoms with Gasteiger partial charge in [-0.05, 0) is 43.5 Å². The molecule has 188 valence electrons. The summed E-state index contributed by atoms with van der Waals surface area (Å²) in [6, 6.07) is 8.17. The zero-order valence-electron chi connectivity index (χ0n) is 20.1. The second kappa shape index (κ2) is 10.4. The summed E-state index contributed by atoms with van der Waals surface area (Å²) in [7, 11) is -1.21. The number of carbonyl (C=O) groups is 4. The number of likely N-dealkylation sites (N-methyl/N-ethyl adjacent to an activating group) is 1. The van der Waals surface area contributed by atoms with E-state index >= 15 is 0 Å². The number of nitrogen functional groups attached to an aromatic ring is 1. The molecule has 4 amide bonds. The Labute approximate surface area is 208 Å². The van der Waals surface area contributed by atoms with Crippen molar-refractivity contribution in [1.29, 1.82) is 0 Å². The van der Waals surface area contributed by atoms with Crippen LogP contribution in [0.5, 0.6) is 5.75 Å². The number of urea groups is 1. The second-order valence-corrected chi connectivity index (χ2v) is 8.92. The quantitative estimate of drug-likeness (QED) is 0.395. The molecule has 2 aliphatic heterocycles. The lowest BCUT2D eigenvalue weighted by molar-refractivity contribution is -0.153. The van der Waals surface area contributed by atoms with Crippen LogP contribution in [0.4, 0.5) is 10.6 Å². The number of pyridine rings is 1. The van der Waals surface area contributed by atoms with Gasteiger partial charge in [0.1, 0.15) is 17.6 Å². The van der Waals surface area contributed by atoms with Crippen LogP contribution >= 0.6 is 0 Å². The maximum Gasteiger partial charge on any atom is 0.526 e. The summed E-state index contributed by atoms with van der Waals surface area (Å²) >= 11 is 0. The molecule has 1 aromatic heterocycles. The summed E-state index contributed by atoms with van der Waals surface area (Å²) in [5, 5.41) is 13.1. The lowest BCUT2D eigenvalue weighted by Gasteiger charge is -2.33. The Kier molecular flexibility index (Phi) is 7.25. The van der Waals surface area contributed by atoms with E-state index in [1.807, 2.05) is 25.1 Å². The molecule has 1 unspecified atom stereocenters. The van der Waals surface area contributed by atoms with Gasteiger partial charge in [0.15, 0.2) is 5.78 Å². The highest BCUT2D eigenvalue weighted by molar-refractivity contribution is 6.46. The Morgan fingerprint density at radius 3 is 2.69 bits per heavy atom. The number of nitrogens with one attached hydrogen (secondary N) is 1. The third kappa shape index (κ3) is 5.03. The third-order valence-electron chi connectivity index (χ3n) is 6.49. The molecule has 0 bridgehead atoms. The Hall–Kier alpha value is -3.93. The van der Waals surface area contributed by atoms with Crippen LogP contribution in [-0.2, 0) is 20.8 Å². The lowest BCUT2D eigenvalue weighted by Crippen LogP contribution is -2.58. The topological polar surface area (TPSA) is 155 Å². The monoisotopic (exact) mass is 493 g/mol. The van der Waals surface area contributed by atoms with E-state index in [0.29, 0.717) is 18.7 Å². The number of anilines is 1. The van der Waals surface area contributed by atoms with Gasteiger partial charge in [0, 0.05) is 31.9 Å². The molecule has 0 aliphatic carbocycles. The van der Waals surface area contributed by atoms with Crippen molar-refractivity contribution in [2.75, 3.05) is 25.4 Å². The van der Waals surface area contributed by atoms with Crippen LogP contribution in [-0.4, -0.2) is 70.2 Å². The van der Waals surface area contributed by atoms with E-state index in [2.05, 4.69) is 10.3 Å². The minimum Gasteiger partial charge on any atom is -0.536 e. The number of fused-ring (bicyclic) bond motifs is 1. The van der Waals surface area contributed by atoms with E-state index in [4.69, 9.17) is 10.4 Å². The highest BCUT2D eigenvalue weighted by atomic mass is 16.5. The van der Waals surface area contributed by atoms with E-state index < -0.39 is 42.6 Å². The van der Waals surface area contributed by atoms with Crippen molar-refractivity contribution in [3.63, 3.8) is 0 Å². The Balaban J connectivity index is 1.54. The second-order valence-electron chi connectivity index (χ2n) is 8.92. The fourth-order valence-electron chi connectivity index (χ4n) is 4.51. The maximum atomic E-state index is 13.5. The van der Waals surface area contributed by atoms with E-state index in [0.717, 1.165) is 16.0 Å². The van der Waals surface area contributed by atoms with Crippen LogP contribution in [0.3, 0.4) is 0 Å². The number of aromatic nitrogens is 1. The van der Waals surface area contributed by atoms with Crippen molar-refractivity contribution in [1.82, 2.24) is 20.1 Å². The van der Waals surface area contributed by atoms with Gasteiger partial charge in [-0.1, -0.05) is 24.3 Å². The zero-order valence-corrected chi connectivity index (χ0v) is 20.1. The number of piperazine rings is 1. The number of Topliss-reactive ketones (excluding diaryl/α,β-unsaturated/α-hetero) is 1. The van der Waals surface area contributed by atoms with Gasteiger partial charge in [-0.25, -0.2) is 9.78 Å². The molecule has 4 rings (SSSR count). The molecule has 2 atom stereocenters. The van der Waals surface area contributed by atoms with Crippen molar-refractivity contribution in [3.8, 4) is 5.75 Å². The first-order chi connectivity index (χ1) is 17.2. The van der Waals surface area contributed by atoms with Gasteiger partial charge >= 0.3 is 25.0 Å². The Morgan fingerprint density at radius 1 is 1.22 bits per heavy atom. The van der Waals surface area contributed by atoms with Crippen LogP contribution in [0.1, 0.15) is 36.2 Å². The number of para-hydroxylation sites is 1. The molecule has 0 radical (unpaired) electrons. The minimum absolute atomic E-state index is 0.000822. The summed E-state index contributed by atoms with van der Waals surface area (Å²) in [6.07, 6.45) is 0.271. The molecule has 0 spiro atoms. The van der Waals surface area contributed by atoms with Crippen LogP contribution in [0.25, 0.3) is 0 Å². The average Bonchev–Trinajstić information content (AvgIpc) is 2.85. The molecule has 11 nitrogen and oxygen atoms in total. The highest BCUT2D eigenvalue weighted by Gasteiger charge is 2.40. The van der Waals surface area contributed by atoms with Gasteiger partial charge in [-0.3, -0.25) is 19.3 Å². The highest BCUT2D eigenvalue weighted by Crippen LogP contribution is 2.36. The number of carbonyl (C=O) groups excluding carboxylic acids is 4. The van der Waals surface area contributed by atoms with Crippen LogP contribution in [0.2, 0.25) is 5.82 Å². The van der Waals surface area contributed by atoms with Gasteiger partial charge in [0.25, 0.3) is 0 Å². The normalized spacial score (nSPS) is 18.4. The van der Waals surface area contributed by atoms with Gasteiger partial charge < -0.3 is 25.6 Å². The largest absolute Gasteiger partial charge is 0.536 e. The lowest BCUT2D eigenvalue weighted by atomic mass is 9.64. The molecule has 36 heavy (non-hydrogen) atoms. The van der Waals surface area contributed by atoms with Crippen LogP contribution < -0.4 is 15.7 Å². The third-order valence-corrected chi connectivity index (χ3v) is 6.49. The summed E-state index contributed by atoms with van der Waals surface area (Å²) in [4.78, 5) is 57.5. The molecular formula is C24H28BN5O6. The summed E-state index contributed by atoms with van der Waals surface area (Å²) in [6.45, 7) is 4.17. The molecule has 2 aromatic rings. The number of aryl methyl sites for hydroxylation is 1. The van der Waals surface area contributed by atoms with Gasteiger partial charge in [-0.15, -0.1) is 0 Å². The van der Waals surface area contributed by atoms with Crippen LogP contribution in [0, 0.1) is 6.92 Å². The zero-order chi connectivity index (χ0) is 26.0. The fraction of sp³-hybridized carbons (Fsp3) is 0.375. The summed E-state index contributed by atoms with van der Waals surface area (Å²) < 4.78 is 5.69. The first kappa shape index (κ1) is 25.2. The van der Waals surface area contributed by atoms with Crippen molar-refractivity contribution in [3.05, 3.63) is 53.2 Å². The van der Waals surface area contributed by atoms with Gasteiger partial charge in [-0.2, -0.15) is 0 Å². The summed E-state index contributed by atoms with van der Waals surface area (Å²) in [5.41, 5.74) is 7.74. The molecule has 4 N–H and O–H groups in total. The summed E-state index contributed by atoms with van der Waals surface area (Å²) in [5.74, 6) is -2.01. The molecule has 3 heterocycles. The number of imide groups is 1. The predicted molar refractivity (Wildman–Crippen MR) is 131 cm³/mol. The number of nitrogens with two attached hydrogens (primary N) is 1. The van der Waals surface area contributed by atoms with E-state index in [1.165, 1.54) is 17.0 Å². The molecule has 1 aromatic carbocycles. The number of nitrogens with zero attached hydrogens (tertiary/aromatic N) is 3.